The van der Waals surface area contributed by atoms with Crippen LogP contribution in [0.25, 0.3) is 11.1 Å². The zero-order chi connectivity index (χ0) is 20.1. The molecule has 0 amide bonds. The van der Waals surface area contributed by atoms with Crippen molar-refractivity contribution in [3.05, 3.63) is 29.3 Å². The third kappa shape index (κ3) is 2.68. The van der Waals surface area contributed by atoms with E-state index in [1.165, 1.54) is 0 Å². The fourth-order valence-electron chi connectivity index (χ4n) is 4.64. The van der Waals surface area contributed by atoms with Crippen LogP contribution in [0.1, 0.15) is 11.1 Å². The number of fused-ring (bicyclic) bond motifs is 3. The number of hydrogen-bond donors (Lipinski definition) is 0. The van der Waals surface area contributed by atoms with Gasteiger partial charge >= 0.3 is 5.97 Å². The van der Waals surface area contributed by atoms with Gasteiger partial charge in [0.25, 0.3) is 0 Å². The number of rotatable bonds is 4. The molecule has 0 spiro atoms. The molecule has 5 rings (SSSR count). The lowest BCUT2D eigenvalue weighted by atomic mass is 9.75. The van der Waals surface area contributed by atoms with Crippen LogP contribution >= 0.6 is 0 Å². The molecular formula is C22H22O7. The van der Waals surface area contributed by atoms with Crippen LogP contribution in [0.15, 0.2) is 18.2 Å². The summed E-state index contributed by atoms with van der Waals surface area (Å²) in [6.07, 6.45) is 1.39. The van der Waals surface area contributed by atoms with Crippen molar-refractivity contribution in [1.82, 2.24) is 0 Å². The smallest absolute Gasteiger partial charge is 0.309 e. The first-order valence-corrected chi connectivity index (χ1v) is 9.56. The first-order valence-electron chi connectivity index (χ1n) is 9.56. The molecule has 152 valence electrons. The van der Waals surface area contributed by atoms with Gasteiger partial charge in [0.1, 0.15) is 0 Å². The van der Waals surface area contributed by atoms with Gasteiger partial charge in [-0.1, -0.05) is 0 Å². The summed E-state index contributed by atoms with van der Waals surface area (Å²) in [5.41, 5.74) is 4.02. The summed E-state index contributed by atoms with van der Waals surface area (Å²) in [5, 5.41) is 0. The van der Waals surface area contributed by atoms with Crippen molar-refractivity contribution >= 4 is 5.97 Å². The number of carbonyl (C=O) groups is 1. The lowest BCUT2D eigenvalue weighted by Gasteiger charge is -2.27. The van der Waals surface area contributed by atoms with Crippen molar-refractivity contribution in [2.45, 2.75) is 12.8 Å². The fourth-order valence-corrected chi connectivity index (χ4v) is 4.64. The highest BCUT2D eigenvalue weighted by molar-refractivity contribution is 5.84. The van der Waals surface area contributed by atoms with Gasteiger partial charge in [0, 0.05) is 11.5 Å². The average Bonchev–Trinajstić information content (AvgIpc) is 3.35. The zero-order valence-electron chi connectivity index (χ0n) is 16.6. The van der Waals surface area contributed by atoms with Crippen molar-refractivity contribution in [2.75, 3.05) is 34.7 Å². The number of hydrogen-bond acceptors (Lipinski definition) is 7. The summed E-state index contributed by atoms with van der Waals surface area (Å²) in [7, 11) is 4.75. The van der Waals surface area contributed by atoms with Crippen molar-refractivity contribution in [1.29, 1.82) is 0 Å². The Balaban J connectivity index is 1.73. The van der Waals surface area contributed by atoms with E-state index < -0.39 is 0 Å². The summed E-state index contributed by atoms with van der Waals surface area (Å²) in [4.78, 5) is 12.2. The Morgan fingerprint density at radius 1 is 0.931 bits per heavy atom. The number of methoxy groups -OCH3 is 3. The van der Waals surface area contributed by atoms with Crippen LogP contribution in [-0.2, 0) is 22.4 Å². The van der Waals surface area contributed by atoms with Crippen LogP contribution < -0.4 is 23.7 Å². The summed E-state index contributed by atoms with van der Waals surface area (Å²) < 4.78 is 33.4. The molecule has 0 bridgehead atoms. The molecule has 2 heterocycles. The molecule has 0 N–H and O–H groups in total. The Kier molecular flexibility index (Phi) is 4.19. The van der Waals surface area contributed by atoms with Crippen molar-refractivity contribution in [3.63, 3.8) is 0 Å². The maximum atomic E-state index is 12.2. The maximum Gasteiger partial charge on any atom is 0.309 e. The molecule has 2 aromatic carbocycles. The monoisotopic (exact) mass is 398 g/mol. The molecular weight excluding hydrogens is 376 g/mol. The molecule has 0 radical (unpaired) electrons. The minimum atomic E-state index is -0.122. The summed E-state index contributed by atoms with van der Waals surface area (Å²) in [6, 6.07) is 5.84. The first kappa shape index (κ1) is 18.0. The van der Waals surface area contributed by atoms with Crippen LogP contribution in [0.4, 0.5) is 0 Å². The maximum absolute atomic E-state index is 12.2. The van der Waals surface area contributed by atoms with Gasteiger partial charge < -0.3 is 28.4 Å². The Morgan fingerprint density at radius 3 is 2.38 bits per heavy atom. The molecule has 2 aromatic rings. The Labute approximate surface area is 168 Å². The molecule has 7 nitrogen and oxygen atoms in total. The van der Waals surface area contributed by atoms with E-state index in [-0.39, 0.29) is 24.6 Å². The minimum Gasteiger partial charge on any atom is -0.493 e. The van der Waals surface area contributed by atoms with Gasteiger partial charge in [-0.05, 0) is 47.7 Å². The molecule has 2 aliphatic heterocycles. The molecule has 29 heavy (non-hydrogen) atoms. The number of esters is 1. The Morgan fingerprint density at radius 2 is 1.69 bits per heavy atom. The second kappa shape index (κ2) is 6.76. The topological polar surface area (TPSA) is 72.5 Å². The quantitative estimate of drug-likeness (QED) is 0.733. The molecule has 7 heteroatoms. The highest BCUT2D eigenvalue weighted by atomic mass is 16.7. The number of benzene rings is 2. The highest BCUT2D eigenvalue weighted by Crippen LogP contribution is 2.52. The minimum absolute atomic E-state index is 0.117. The predicted molar refractivity (Wildman–Crippen MR) is 103 cm³/mol. The molecule has 1 saturated heterocycles. The second-order valence-electron chi connectivity index (χ2n) is 7.44. The van der Waals surface area contributed by atoms with E-state index in [4.69, 9.17) is 28.4 Å². The van der Waals surface area contributed by atoms with E-state index in [1.54, 1.807) is 21.3 Å². The van der Waals surface area contributed by atoms with Gasteiger partial charge in [0.05, 0.1) is 33.9 Å². The number of ether oxygens (including phenoxy) is 6. The summed E-state index contributed by atoms with van der Waals surface area (Å²) in [6.45, 7) is 0.654. The van der Waals surface area contributed by atoms with E-state index >= 15 is 0 Å². The lowest BCUT2D eigenvalue weighted by Crippen LogP contribution is -2.26. The molecule has 1 aliphatic carbocycles. The van der Waals surface area contributed by atoms with E-state index in [1.807, 2.05) is 18.2 Å². The van der Waals surface area contributed by atoms with Crippen LogP contribution in [0.3, 0.4) is 0 Å². The fraction of sp³-hybridized carbons (Fsp3) is 0.409. The SMILES string of the molecule is COc1cc(-c2c3c(cc4c2OCO4)CC2COC(=O)[C@@H]2C3)cc(OC)c1OC. The van der Waals surface area contributed by atoms with Crippen molar-refractivity contribution in [3.8, 4) is 39.9 Å². The number of cyclic esters (lactones) is 1. The Bertz CT molecular complexity index is 972. The van der Waals surface area contributed by atoms with E-state index in [0.717, 1.165) is 34.4 Å². The van der Waals surface area contributed by atoms with E-state index in [9.17, 15) is 4.79 Å². The van der Waals surface area contributed by atoms with Crippen LogP contribution in [0, 0.1) is 11.8 Å². The standard InChI is InChI=1S/C22H22O7/c1-24-16-6-12(7-17(25-2)20(16)26-3)19-14-8-15-13(9-27-22(15)23)4-11(14)5-18-21(19)29-10-28-18/h5-7,13,15H,4,8-10H2,1-3H3/t13?,15-/m1/s1. The lowest BCUT2D eigenvalue weighted by molar-refractivity contribution is -0.141. The van der Waals surface area contributed by atoms with E-state index in [0.29, 0.717) is 36.0 Å². The van der Waals surface area contributed by atoms with Gasteiger partial charge in [0.2, 0.25) is 12.5 Å². The molecule has 1 fully saturated rings. The summed E-state index contributed by atoms with van der Waals surface area (Å²) in [5.74, 6) is 3.01. The molecule has 3 aliphatic rings. The zero-order valence-corrected chi connectivity index (χ0v) is 16.6. The highest BCUT2D eigenvalue weighted by Gasteiger charge is 2.42. The van der Waals surface area contributed by atoms with E-state index in [2.05, 4.69) is 0 Å². The molecule has 1 unspecified atom stereocenters. The van der Waals surface area contributed by atoms with Crippen molar-refractivity contribution in [2.24, 2.45) is 11.8 Å². The molecule has 0 aromatic heterocycles. The van der Waals surface area contributed by atoms with Crippen LogP contribution in [0.2, 0.25) is 0 Å². The van der Waals surface area contributed by atoms with Gasteiger partial charge in [0.15, 0.2) is 23.0 Å². The van der Waals surface area contributed by atoms with Gasteiger partial charge in [-0.15, -0.1) is 0 Å². The third-order valence-corrected chi connectivity index (χ3v) is 6.03. The largest absolute Gasteiger partial charge is 0.493 e. The van der Waals surface area contributed by atoms with Crippen LogP contribution in [0.5, 0.6) is 28.7 Å². The average molecular weight is 398 g/mol. The first-order chi connectivity index (χ1) is 14.1. The number of carbonyl (C=O) groups excluding carboxylic acids is 1. The predicted octanol–water partition coefficient (Wildman–Crippen LogP) is 3.00. The van der Waals surface area contributed by atoms with Crippen molar-refractivity contribution < 1.29 is 33.2 Å². The second-order valence-corrected chi connectivity index (χ2v) is 7.44. The Hall–Kier alpha value is -3.09. The molecule has 0 saturated carbocycles. The van der Waals surface area contributed by atoms with Gasteiger partial charge in [-0.25, -0.2) is 0 Å². The van der Waals surface area contributed by atoms with Gasteiger partial charge in [-0.3, -0.25) is 4.79 Å². The summed E-state index contributed by atoms with van der Waals surface area (Å²) >= 11 is 0. The van der Waals surface area contributed by atoms with Gasteiger partial charge in [-0.2, -0.15) is 0 Å². The molecule has 2 atom stereocenters. The van der Waals surface area contributed by atoms with Crippen LogP contribution in [-0.4, -0.2) is 40.7 Å². The normalized spacial score (nSPS) is 21.3. The third-order valence-electron chi connectivity index (χ3n) is 6.03.